The minimum atomic E-state index is -3.99. The maximum atomic E-state index is 13.6. The summed E-state index contributed by atoms with van der Waals surface area (Å²) in [5.41, 5.74) is 3.28. The molecule has 4 rings (SSSR count). The summed E-state index contributed by atoms with van der Waals surface area (Å²) < 4.78 is 33.6. The van der Waals surface area contributed by atoms with E-state index in [9.17, 15) is 13.2 Å². The number of hydrogen-bond acceptors (Lipinski definition) is 5. The van der Waals surface area contributed by atoms with Gasteiger partial charge in [-0.1, -0.05) is 30.3 Å². The first kappa shape index (κ1) is 25.6. The molecule has 0 spiro atoms. The SMILES string of the molecule is COc1ccc(S(=O)(=O)N(CC(=O)NCc2ccc(N3CCCCC3)cc2)c2ccccc2)cc1C. The standard InChI is InChI=1S/C28H33N3O4S/c1-22-19-26(15-16-27(22)35-2)36(33,34)31(25-9-5-3-6-10-25)21-28(32)29-20-23-11-13-24(14-12-23)30-17-7-4-8-18-30/h3,5-6,9-16,19H,4,7-8,17-18,20-21H2,1-2H3,(H,29,32). The monoisotopic (exact) mass is 507 g/mol. The Hall–Kier alpha value is -3.52. The van der Waals surface area contributed by atoms with Crippen LogP contribution in [0.2, 0.25) is 0 Å². The fourth-order valence-corrected chi connectivity index (χ4v) is 5.92. The van der Waals surface area contributed by atoms with Crippen molar-refractivity contribution in [1.82, 2.24) is 5.32 Å². The van der Waals surface area contributed by atoms with Crippen LogP contribution >= 0.6 is 0 Å². The number of methoxy groups -OCH3 is 1. The van der Waals surface area contributed by atoms with E-state index in [0.717, 1.165) is 23.0 Å². The Bertz CT molecular complexity index is 1270. The second-order valence-corrected chi connectivity index (χ2v) is 10.8. The van der Waals surface area contributed by atoms with E-state index in [-0.39, 0.29) is 17.3 Å². The van der Waals surface area contributed by atoms with Crippen molar-refractivity contribution < 1.29 is 17.9 Å². The zero-order valence-corrected chi connectivity index (χ0v) is 21.6. The molecule has 1 fully saturated rings. The maximum absolute atomic E-state index is 13.6. The third kappa shape index (κ3) is 5.99. The van der Waals surface area contributed by atoms with Crippen LogP contribution in [0, 0.1) is 6.92 Å². The molecule has 3 aromatic rings. The van der Waals surface area contributed by atoms with Crippen LogP contribution in [0.15, 0.2) is 77.7 Å². The molecule has 1 aliphatic rings. The first-order valence-electron chi connectivity index (χ1n) is 12.2. The normalized spacial score (nSPS) is 13.8. The van der Waals surface area contributed by atoms with E-state index >= 15 is 0 Å². The van der Waals surface area contributed by atoms with Crippen molar-refractivity contribution in [1.29, 1.82) is 0 Å². The number of nitrogens with one attached hydrogen (secondary N) is 1. The molecular formula is C28H33N3O4S. The average molecular weight is 508 g/mol. The number of aryl methyl sites for hydroxylation is 1. The van der Waals surface area contributed by atoms with Crippen molar-refractivity contribution in [2.75, 3.05) is 35.9 Å². The van der Waals surface area contributed by atoms with Crippen LogP contribution in [0.25, 0.3) is 0 Å². The summed E-state index contributed by atoms with van der Waals surface area (Å²) in [5.74, 6) is 0.219. The Morgan fingerprint density at radius 1 is 0.972 bits per heavy atom. The Morgan fingerprint density at radius 2 is 1.67 bits per heavy atom. The number of hydrogen-bond donors (Lipinski definition) is 1. The molecule has 1 heterocycles. The number of sulfonamides is 1. The van der Waals surface area contributed by atoms with Crippen molar-refractivity contribution in [3.63, 3.8) is 0 Å². The van der Waals surface area contributed by atoms with Gasteiger partial charge in [0.05, 0.1) is 17.7 Å². The lowest BCUT2D eigenvalue weighted by Crippen LogP contribution is -2.40. The molecule has 0 saturated carbocycles. The van der Waals surface area contributed by atoms with E-state index in [1.165, 1.54) is 31.0 Å². The minimum Gasteiger partial charge on any atom is -0.496 e. The van der Waals surface area contributed by atoms with E-state index in [0.29, 0.717) is 23.5 Å². The lowest BCUT2D eigenvalue weighted by molar-refractivity contribution is -0.119. The topological polar surface area (TPSA) is 79.0 Å². The number of benzene rings is 3. The van der Waals surface area contributed by atoms with Gasteiger partial charge < -0.3 is 15.0 Å². The molecule has 0 radical (unpaired) electrons. The van der Waals surface area contributed by atoms with Crippen LogP contribution in [0.1, 0.15) is 30.4 Å². The zero-order valence-electron chi connectivity index (χ0n) is 20.8. The molecule has 0 bridgehead atoms. The Kier molecular flexibility index (Phi) is 8.15. The number of carbonyl (C=O) groups is 1. The summed E-state index contributed by atoms with van der Waals surface area (Å²) in [4.78, 5) is 15.4. The molecule has 0 unspecified atom stereocenters. The molecule has 7 nitrogen and oxygen atoms in total. The molecule has 0 aliphatic carbocycles. The second kappa shape index (κ2) is 11.5. The first-order valence-corrected chi connectivity index (χ1v) is 13.7. The van der Waals surface area contributed by atoms with Gasteiger partial charge in [0.25, 0.3) is 10.0 Å². The molecule has 0 atom stereocenters. The molecule has 1 amide bonds. The van der Waals surface area contributed by atoms with Gasteiger partial charge in [0, 0.05) is 25.3 Å². The molecule has 3 aromatic carbocycles. The van der Waals surface area contributed by atoms with Crippen LogP contribution in [0.4, 0.5) is 11.4 Å². The van der Waals surface area contributed by atoms with Gasteiger partial charge in [-0.15, -0.1) is 0 Å². The Morgan fingerprint density at radius 3 is 2.31 bits per heavy atom. The van der Waals surface area contributed by atoms with Crippen LogP contribution in [-0.2, 0) is 21.4 Å². The van der Waals surface area contributed by atoms with Crippen molar-refractivity contribution in [3.8, 4) is 5.75 Å². The smallest absolute Gasteiger partial charge is 0.264 e. The fourth-order valence-electron chi connectivity index (χ4n) is 4.41. The van der Waals surface area contributed by atoms with Gasteiger partial charge >= 0.3 is 0 Å². The molecule has 0 aromatic heterocycles. The highest BCUT2D eigenvalue weighted by atomic mass is 32.2. The van der Waals surface area contributed by atoms with E-state index in [2.05, 4.69) is 22.3 Å². The number of anilines is 2. The summed E-state index contributed by atoms with van der Waals surface area (Å²) in [7, 11) is -2.45. The number of ether oxygens (including phenoxy) is 1. The molecule has 1 N–H and O–H groups in total. The van der Waals surface area contributed by atoms with Gasteiger partial charge in [-0.25, -0.2) is 8.42 Å². The summed E-state index contributed by atoms with van der Waals surface area (Å²) >= 11 is 0. The maximum Gasteiger partial charge on any atom is 0.264 e. The largest absolute Gasteiger partial charge is 0.496 e. The lowest BCUT2D eigenvalue weighted by Gasteiger charge is -2.28. The van der Waals surface area contributed by atoms with Gasteiger partial charge in [0.15, 0.2) is 0 Å². The van der Waals surface area contributed by atoms with Gasteiger partial charge in [-0.2, -0.15) is 0 Å². The Labute approximate surface area is 213 Å². The first-order chi connectivity index (χ1) is 17.4. The number of rotatable bonds is 9. The van der Waals surface area contributed by atoms with E-state index in [4.69, 9.17) is 4.74 Å². The van der Waals surface area contributed by atoms with E-state index in [1.807, 2.05) is 12.1 Å². The fraction of sp³-hybridized carbons (Fsp3) is 0.321. The predicted molar refractivity (Wildman–Crippen MR) is 143 cm³/mol. The number of amides is 1. The third-order valence-electron chi connectivity index (χ3n) is 6.43. The highest BCUT2D eigenvalue weighted by Gasteiger charge is 2.27. The van der Waals surface area contributed by atoms with E-state index < -0.39 is 10.0 Å². The molecule has 1 saturated heterocycles. The number of piperidine rings is 1. The van der Waals surface area contributed by atoms with Crippen molar-refractivity contribution in [2.45, 2.75) is 37.6 Å². The molecule has 190 valence electrons. The highest BCUT2D eigenvalue weighted by Crippen LogP contribution is 2.27. The van der Waals surface area contributed by atoms with Gasteiger partial charge in [-0.05, 0) is 79.8 Å². The Balaban J connectivity index is 1.47. The van der Waals surface area contributed by atoms with Crippen molar-refractivity contribution in [2.24, 2.45) is 0 Å². The molecule has 1 aliphatic heterocycles. The summed E-state index contributed by atoms with van der Waals surface area (Å²) in [6, 6.07) is 21.5. The van der Waals surface area contributed by atoms with Crippen molar-refractivity contribution in [3.05, 3.63) is 83.9 Å². The predicted octanol–water partition coefficient (Wildman–Crippen LogP) is 4.51. The summed E-state index contributed by atoms with van der Waals surface area (Å²) in [6.07, 6.45) is 3.72. The van der Waals surface area contributed by atoms with Crippen LogP contribution in [-0.4, -0.2) is 41.1 Å². The lowest BCUT2D eigenvalue weighted by atomic mass is 10.1. The van der Waals surface area contributed by atoms with Crippen molar-refractivity contribution >= 4 is 27.3 Å². The van der Waals surface area contributed by atoms with Gasteiger partial charge in [0.1, 0.15) is 12.3 Å². The van der Waals surface area contributed by atoms with E-state index in [1.54, 1.807) is 56.5 Å². The van der Waals surface area contributed by atoms with Gasteiger partial charge in [-0.3, -0.25) is 9.10 Å². The number of para-hydroxylation sites is 1. The zero-order chi connectivity index (χ0) is 25.5. The van der Waals surface area contributed by atoms with Gasteiger partial charge in [0.2, 0.25) is 5.91 Å². The molecule has 8 heteroatoms. The molecular weight excluding hydrogens is 474 g/mol. The second-order valence-electron chi connectivity index (χ2n) is 8.97. The highest BCUT2D eigenvalue weighted by molar-refractivity contribution is 7.92. The minimum absolute atomic E-state index is 0.103. The van der Waals surface area contributed by atoms with Crippen LogP contribution in [0.3, 0.4) is 0 Å². The summed E-state index contributed by atoms with van der Waals surface area (Å²) in [5, 5.41) is 2.87. The van der Waals surface area contributed by atoms with Crippen LogP contribution < -0.4 is 19.3 Å². The third-order valence-corrected chi connectivity index (χ3v) is 8.20. The quantitative estimate of drug-likeness (QED) is 0.461. The molecule has 36 heavy (non-hydrogen) atoms. The number of nitrogens with zero attached hydrogens (tertiary/aromatic N) is 2. The van der Waals surface area contributed by atoms with Crippen LogP contribution in [0.5, 0.6) is 5.75 Å². The average Bonchev–Trinajstić information content (AvgIpc) is 2.91. The number of carbonyl (C=O) groups excluding carboxylic acids is 1. The summed E-state index contributed by atoms with van der Waals surface area (Å²) in [6.45, 7) is 3.93.